The summed E-state index contributed by atoms with van der Waals surface area (Å²) >= 11 is 0. The predicted molar refractivity (Wildman–Crippen MR) is 307 cm³/mol. The molecule has 0 aromatic heterocycles. The monoisotopic (exact) mass is 1080 g/mol. The second kappa shape index (κ2) is 27.6. The summed E-state index contributed by atoms with van der Waals surface area (Å²) in [5.74, 6) is 1.60. The molecule has 0 N–H and O–H groups in total. The Morgan fingerprint density at radius 3 is 1.77 bits per heavy atom. The lowest BCUT2D eigenvalue weighted by Crippen LogP contribution is -2.58. The summed E-state index contributed by atoms with van der Waals surface area (Å²) < 4.78 is 71.6. The summed E-state index contributed by atoms with van der Waals surface area (Å²) in [4.78, 5) is 0. The third-order valence-electron chi connectivity index (χ3n) is 17.5. The summed E-state index contributed by atoms with van der Waals surface area (Å²) in [7, 11) is -1.48. The van der Waals surface area contributed by atoms with Crippen molar-refractivity contribution in [1.82, 2.24) is 0 Å². The Balaban J connectivity index is 1.92. The Hall–Kier alpha value is -1.25. The van der Waals surface area contributed by atoms with Gasteiger partial charge in [-0.25, -0.2) is 0 Å². The minimum Gasteiger partial charge on any atom is -0.497 e. The number of hydrogen-bond donors (Lipinski definition) is 0. The minimum atomic E-state index is -2.19. The first-order valence-electron chi connectivity index (χ1n) is 27.7. The fourth-order valence-electron chi connectivity index (χ4n) is 9.70. The molecular formula is C59H110O11Si3. The van der Waals surface area contributed by atoms with Crippen molar-refractivity contribution in [2.24, 2.45) is 41.4 Å². The molecule has 2 aliphatic heterocycles. The summed E-state index contributed by atoms with van der Waals surface area (Å²) in [6.45, 7) is 53.9. The highest BCUT2D eigenvalue weighted by atomic mass is 28.4. The zero-order chi connectivity index (χ0) is 55.7. The van der Waals surface area contributed by atoms with E-state index >= 15 is 0 Å². The fourth-order valence-corrected chi connectivity index (χ4v) is 13.9. The van der Waals surface area contributed by atoms with Crippen LogP contribution in [0.1, 0.15) is 142 Å². The highest BCUT2D eigenvalue weighted by Crippen LogP contribution is 2.47. The van der Waals surface area contributed by atoms with Crippen LogP contribution in [0.3, 0.4) is 0 Å². The SMILES string of the molecule is COCO[C@@H]([C@@H](C)C=C[C@H](C[C@@H]1O[C@@H](O[Si](C)(C)C(C)(C)C)[C@H](C)[C@@H](O[Si](C)(C)C(C)(C)C)[C@H]1C)OCOC)[C@@H](C)C=C(C)C[C@H](C)[C@@H](O[Si](C)(C)C(C)(C)C)[C@H](C)[C@H]1OC(c2ccc(OC)cc2)OC[C@@H]1C. The first-order chi connectivity index (χ1) is 33.5. The summed E-state index contributed by atoms with van der Waals surface area (Å²) in [6, 6.07) is 8.00. The van der Waals surface area contributed by atoms with Gasteiger partial charge in [-0.15, -0.1) is 0 Å². The molecule has 424 valence electrons. The summed E-state index contributed by atoms with van der Waals surface area (Å²) in [6.07, 6.45) is 6.76. The quantitative estimate of drug-likeness (QED) is 0.0503. The maximum atomic E-state index is 7.46. The second-order valence-electron chi connectivity index (χ2n) is 26.9. The lowest BCUT2D eigenvalue weighted by atomic mass is 9.81. The standard InChI is InChI=1S/C59H110O11Si3/c1-39(34-42(4)53(68-71(21,22)57(9,10)11)45(7)52-43(5)36-63-56(67-52)47-28-31-48(62-20)32-29-47)33-41(3)51(65-38-61-19)40(2)27-30-49(64-37-60-18)35-50-44(6)54(69-72(23,24)58(12,13)14)46(8)55(66-50)70-73(25,26)59(15,16)17/h27-33,40-46,49-56H,34-38H2,1-26H3/t40-,41-,42-,43-,44-,45+,46+,49+,50-,51-,52-,53+,54-,55-,56?/m0/s1. The molecule has 73 heavy (non-hydrogen) atoms. The van der Waals surface area contributed by atoms with Gasteiger partial charge in [0.15, 0.2) is 37.5 Å². The van der Waals surface area contributed by atoms with Crippen LogP contribution >= 0.6 is 0 Å². The molecule has 14 heteroatoms. The first-order valence-corrected chi connectivity index (χ1v) is 36.4. The Morgan fingerprint density at radius 2 is 1.23 bits per heavy atom. The lowest BCUT2D eigenvalue weighted by molar-refractivity contribution is -0.256. The van der Waals surface area contributed by atoms with Crippen molar-refractivity contribution in [1.29, 1.82) is 0 Å². The minimum absolute atomic E-state index is 0.0230. The molecular weight excluding hydrogens is 969 g/mol. The van der Waals surface area contributed by atoms with Crippen LogP contribution in [0.25, 0.3) is 0 Å². The summed E-state index contributed by atoms with van der Waals surface area (Å²) in [5.41, 5.74) is 2.29. The van der Waals surface area contributed by atoms with Crippen LogP contribution < -0.4 is 4.74 Å². The van der Waals surface area contributed by atoms with Gasteiger partial charge in [0.25, 0.3) is 0 Å². The van der Waals surface area contributed by atoms with Crippen LogP contribution in [-0.4, -0.2) is 109 Å². The van der Waals surface area contributed by atoms with Gasteiger partial charge >= 0.3 is 0 Å². The molecule has 0 amide bonds. The Kier molecular flexibility index (Phi) is 24.9. The molecule has 15 atom stereocenters. The van der Waals surface area contributed by atoms with Gasteiger partial charge < -0.3 is 51.2 Å². The molecule has 0 aliphatic carbocycles. The molecule has 2 saturated heterocycles. The molecule has 2 aliphatic rings. The van der Waals surface area contributed by atoms with Crippen molar-refractivity contribution in [2.45, 2.75) is 234 Å². The second-order valence-corrected chi connectivity index (χ2v) is 41.2. The molecule has 0 saturated carbocycles. The number of allylic oxidation sites excluding steroid dienone is 1. The average molecular weight is 1080 g/mol. The topological polar surface area (TPSA) is 102 Å². The van der Waals surface area contributed by atoms with Gasteiger partial charge in [0.05, 0.1) is 50.3 Å². The molecule has 1 aromatic carbocycles. The predicted octanol–water partition coefficient (Wildman–Crippen LogP) is 15.4. The zero-order valence-electron chi connectivity index (χ0n) is 51.2. The largest absolute Gasteiger partial charge is 0.497 e. The summed E-state index contributed by atoms with van der Waals surface area (Å²) in [5, 5.41) is 0.136. The molecule has 0 bridgehead atoms. The molecule has 2 fully saturated rings. The van der Waals surface area contributed by atoms with Crippen molar-refractivity contribution in [2.75, 3.05) is 41.5 Å². The van der Waals surface area contributed by atoms with E-state index in [9.17, 15) is 0 Å². The Bertz CT molecular complexity index is 1830. The van der Waals surface area contributed by atoms with Crippen LogP contribution in [0.5, 0.6) is 5.75 Å². The third-order valence-corrected chi connectivity index (χ3v) is 30.9. The molecule has 2 heterocycles. The van der Waals surface area contributed by atoms with Gasteiger partial charge in [-0.2, -0.15) is 0 Å². The van der Waals surface area contributed by atoms with Crippen LogP contribution in [-0.2, 0) is 46.4 Å². The molecule has 1 aromatic rings. The van der Waals surface area contributed by atoms with Crippen LogP contribution in [0.15, 0.2) is 48.1 Å². The normalized spacial score (nSPS) is 27.3. The van der Waals surface area contributed by atoms with E-state index in [4.69, 9.17) is 51.2 Å². The number of benzene rings is 1. The molecule has 11 nitrogen and oxygen atoms in total. The number of hydrogen-bond acceptors (Lipinski definition) is 11. The van der Waals surface area contributed by atoms with Crippen molar-refractivity contribution >= 4 is 25.0 Å². The van der Waals surface area contributed by atoms with Crippen molar-refractivity contribution in [3.05, 3.63) is 53.6 Å². The van der Waals surface area contributed by atoms with Gasteiger partial charge in [0.1, 0.15) is 19.3 Å². The van der Waals surface area contributed by atoms with Gasteiger partial charge in [0.2, 0.25) is 0 Å². The Labute approximate surface area is 450 Å². The maximum Gasteiger partial charge on any atom is 0.195 e. The van der Waals surface area contributed by atoms with E-state index < -0.39 is 31.2 Å². The van der Waals surface area contributed by atoms with Crippen LogP contribution in [0.2, 0.25) is 54.4 Å². The number of rotatable bonds is 26. The van der Waals surface area contributed by atoms with E-state index in [0.29, 0.717) is 13.0 Å². The first kappa shape index (κ1) is 66.0. The zero-order valence-corrected chi connectivity index (χ0v) is 54.2. The van der Waals surface area contributed by atoms with E-state index in [1.54, 1.807) is 21.3 Å². The molecule has 0 spiro atoms. The van der Waals surface area contributed by atoms with Crippen molar-refractivity contribution in [3.8, 4) is 5.75 Å². The molecule has 1 unspecified atom stereocenters. The van der Waals surface area contributed by atoms with Crippen LogP contribution in [0, 0.1) is 41.4 Å². The highest BCUT2D eigenvalue weighted by Gasteiger charge is 2.51. The van der Waals surface area contributed by atoms with Gasteiger partial charge in [-0.05, 0) is 85.8 Å². The van der Waals surface area contributed by atoms with E-state index in [0.717, 1.165) is 17.7 Å². The lowest BCUT2D eigenvalue weighted by Gasteiger charge is -2.51. The van der Waals surface area contributed by atoms with Gasteiger partial charge in [-0.3, -0.25) is 0 Å². The van der Waals surface area contributed by atoms with Gasteiger partial charge in [-0.1, -0.05) is 147 Å². The molecule has 0 radical (unpaired) electrons. The van der Waals surface area contributed by atoms with E-state index in [2.05, 4.69) is 175 Å². The third kappa shape index (κ3) is 18.4. The molecule has 3 rings (SSSR count). The Morgan fingerprint density at radius 1 is 0.685 bits per heavy atom. The smallest absolute Gasteiger partial charge is 0.195 e. The van der Waals surface area contributed by atoms with E-state index in [1.807, 2.05) is 24.3 Å². The fraction of sp³-hybridized carbons (Fsp3) is 0.831. The van der Waals surface area contributed by atoms with Crippen molar-refractivity contribution < 1.29 is 51.2 Å². The van der Waals surface area contributed by atoms with Crippen LogP contribution in [0.4, 0.5) is 0 Å². The van der Waals surface area contributed by atoms with Crippen molar-refractivity contribution in [3.63, 3.8) is 0 Å². The van der Waals surface area contributed by atoms with E-state index in [1.165, 1.54) is 5.57 Å². The van der Waals surface area contributed by atoms with E-state index in [-0.39, 0.29) is 113 Å². The number of methoxy groups -OCH3 is 3. The average Bonchev–Trinajstić information content (AvgIpc) is 3.28. The van der Waals surface area contributed by atoms with Gasteiger partial charge in [0, 0.05) is 61.7 Å². The highest BCUT2D eigenvalue weighted by molar-refractivity contribution is 6.75. The maximum absolute atomic E-state index is 7.46. The number of ether oxygens (including phenoxy) is 8.